The molecule has 0 radical (unpaired) electrons. The largest absolute Gasteiger partial charge is 0.338 e. The van der Waals surface area contributed by atoms with Gasteiger partial charge in [-0.2, -0.15) is 0 Å². The van der Waals surface area contributed by atoms with E-state index >= 15 is 0 Å². The van der Waals surface area contributed by atoms with Gasteiger partial charge in [-0.15, -0.1) is 12.4 Å². The van der Waals surface area contributed by atoms with Gasteiger partial charge in [-0.05, 0) is 18.8 Å². The molecule has 0 saturated carbocycles. The average Bonchev–Trinajstić information content (AvgIpc) is 2.23. The first kappa shape index (κ1) is 18.1. The zero-order valence-corrected chi connectivity index (χ0v) is 12.7. The Morgan fingerprint density at radius 1 is 1.42 bits per heavy atom. The maximum Gasteiger partial charge on any atom is 0.321 e. The highest BCUT2D eigenvalue weighted by Crippen LogP contribution is 2.27. The number of carbonyl (C=O) groups excluding carboxylic acids is 2. The number of halogens is 1. The van der Waals surface area contributed by atoms with Crippen molar-refractivity contribution >= 4 is 24.3 Å². The number of hydrogen-bond donors (Lipinski definition) is 3. The molecule has 1 saturated heterocycles. The summed E-state index contributed by atoms with van der Waals surface area (Å²) in [4.78, 5) is 24.9. The molecule has 1 atom stereocenters. The molecular weight excluding hydrogens is 268 g/mol. The third kappa shape index (κ3) is 5.76. The molecule has 0 aromatic rings. The molecule has 1 heterocycles. The summed E-state index contributed by atoms with van der Waals surface area (Å²) in [6, 6.07) is -0.268. The summed E-state index contributed by atoms with van der Waals surface area (Å²) in [7, 11) is 0. The van der Waals surface area contributed by atoms with Crippen LogP contribution in [0.1, 0.15) is 27.2 Å². The molecule has 19 heavy (non-hydrogen) atoms. The zero-order valence-electron chi connectivity index (χ0n) is 11.9. The molecule has 7 heteroatoms. The second kappa shape index (κ2) is 7.67. The molecule has 1 rings (SSSR count). The highest BCUT2D eigenvalue weighted by atomic mass is 35.5. The molecular formula is C12H25ClN4O2. The minimum atomic E-state index is -0.435. The van der Waals surface area contributed by atoms with Crippen molar-refractivity contribution in [2.24, 2.45) is 11.1 Å². The van der Waals surface area contributed by atoms with Crippen molar-refractivity contribution in [3.8, 4) is 0 Å². The van der Waals surface area contributed by atoms with Crippen LogP contribution < -0.4 is 16.4 Å². The number of carbonyl (C=O) groups is 2. The van der Waals surface area contributed by atoms with Gasteiger partial charge in [0.15, 0.2) is 0 Å². The van der Waals surface area contributed by atoms with E-state index in [4.69, 9.17) is 5.73 Å². The van der Waals surface area contributed by atoms with Crippen molar-refractivity contribution in [3.05, 3.63) is 0 Å². The average molecular weight is 293 g/mol. The van der Waals surface area contributed by atoms with E-state index < -0.39 is 6.03 Å². The second-order valence-corrected chi connectivity index (χ2v) is 5.50. The van der Waals surface area contributed by atoms with Crippen LogP contribution in [0, 0.1) is 5.41 Å². The van der Waals surface area contributed by atoms with Crippen molar-refractivity contribution in [1.82, 2.24) is 15.5 Å². The lowest BCUT2D eigenvalue weighted by Crippen LogP contribution is -2.54. The summed E-state index contributed by atoms with van der Waals surface area (Å²) in [6.45, 7) is 8.33. The third-order valence-electron chi connectivity index (χ3n) is 3.35. The van der Waals surface area contributed by atoms with Gasteiger partial charge in [0, 0.05) is 25.7 Å². The molecule has 4 N–H and O–H groups in total. The van der Waals surface area contributed by atoms with Crippen LogP contribution in [0.25, 0.3) is 0 Å². The molecule has 3 amide bonds. The van der Waals surface area contributed by atoms with E-state index in [1.165, 1.54) is 0 Å². The van der Waals surface area contributed by atoms with Crippen LogP contribution in [0.4, 0.5) is 4.79 Å². The third-order valence-corrected chi connectivity index (χ3v) is 3.35. The summed E-state index contributed by atoms with van der Waals surface area (Å²) in [5.74, 6) is -0.271. The fourth-order valence-corrected chi connectivity index (χ4v) is 2.19. The minimum Gasteiger partial charge on any atom is -0.338 e. The zero-order chi connectivity index (χ0) is 13.8. The lowest BCUT2D eigenvalue weighted by Gasteiger charge is -2.42. The SMILES string of the molecule is CCNC(=O)NC(=O)CN1CCC(N)C(C)(C)C1.Cl. The predicted octanol–water partition coefficient (Wildman–Crippen LogP) is 0.313. The van der Waals surface area contributed by atoms with Gasteiger partial charge in [0.1, 0.15) is 0 Å². The molecule has 1 aliphatic rings. The van der Waals surface area contributed by atoms with Crippen molar-refractivity contribution in [1.29, 1.82) is 0 Å². The minimum absolute atomic E-state index is 0. The molecule has 112 valence electrons. The quantitative estimate of drug-likeness (QED) is 0.699. The number of urea groups is 1. The van der Waals surface area contributed by atoms with Crippen molar-refractivity contribution in [2.45, 2.75) is 33.2 Å². The van der Waals surface area contributed by atoms with E-state index in [1.807, 2.05) is 4.90 Å². The van der Waals surface area contributed by atoms with Gasteiger partial charge < -0.3 is 11.1 Å². The van der Waals surface area contributed by atoms with Gasteiger partial charge in [0.25, 0.3) is 0 Å². The van der Waals surface area contributed by atoms with E-state index in [0.29, 0.717) is 6.54 Å². The number of hydrogen-bond acceptors (Lipinski definition) is 4. The highest BCUT2D eigenvalue weighted by molar-refractivity contribution is 5.95. The molecule has 1 fully saturated rings. The summed E-state index contributed by atoms with van der Waals surface area (Å²) in [6.07, 6.45) is 0.876. The second-order valence-electron chi connectivity index (χ2n) is 5.50. The number of piperidine rings is 1. The normalized spacial score (nSPS) is 22.2. The van der Waals surface area contributed by atoms with Crippen LogP contribution in [-0.2, 0) is 4.79 Å². The van der Waals surface area contributed by atoms with Gasteiger partial charge in [-0.25, -0.2) is 4.79 Å². The number of imide groups is 1. The smallest absolute Gasteiger partial charge is 0.321 e. The Morgan fingerprint density at radius 2 is 2.05 bits per heavy atom. The molecule has 0 aliphatic carbocycles. The number of nitrogens with zero attached hydrogens (tertiary/aromatic N) is 1. The maximum atomic E-state index is 11.6. The lowest BCUT2D eigenvalue weighted by molar-refractivity contribution is -0.122. The van der Waals surface area contributed by atoms with Gasteiger partial charge in [0.2, 0.25) is 5.91 Å². The van der Waals surface area contributed by atoms with Gasteiger partial charge in [-0.1, -0.05) is 13.8 Å². The monoisotopic (exact) mass is 292 g/mol. The fourth-order valence-electron chi connectivity index (χ4n) is 2.19. The van der Waals surface area contributed by atoms with Gasteiger partial charge in [0.05, 0.1) is 6.54 Å². The Kier molecular flexibility index (Phi) is 7.33. The molecule has 1 aliphatic heterocycles. The van der Waals surface area contributed by atoms with Crippen LogP contribution in [0.5, 0.6) is 0 Å². The van der Waals surface area contributed by atoms with E-state index in [2.05, 4.69) is 24.5 Å². The van der Waals surface area contributed by atoms with Gasteiger partial charge >= 0.3 is 6.03 Å². The topological polar surface area (TPSA) is 87.5 Å². The summed E-state index contributed by atoms with van der Waals surface area (Å²) in [5, 5.41) is 4.83. The Labute approximate surface area is 120 Å². The number of nitrogens with two attached hydrogens (primary N) is 1. The van der Waals surface area contributed by atoms with E-state index in [0.717, 1.165) is 19.5 Å². The number of likely N-dealkylation sites (tertiary alicyclic amines) is 1. The fraction of sp³-hybridized carbons (Fsp3) is 0.833. The summed E-state index contributed by atoms with van der Waals surface area (Å²) in [5.41, 5.74) is 6.04. The standard InChI is InChI=1S/C12H24N4O2.ClH/c1-4-14-11(18)15-10(17)7-16-6-5-9(13)12(2,3)8-16;/h9H,4-8,13H2,1-3H3,(H2,14,15,17,18);1H. The van der Waals surface area contributed by atoms with Crippen LogP contribution in [0.15, 0.2) is 0 Å². The Balaban J connectivity index is 0.00000324. The molecule has 1 unspecified atom stereocenters. The van der Waals surface area contributed by atoms with Crippen LogP contribution >= 0.6 is 12.4 Å². The summed E-state index contributed by atoms with van der Waals surface area (Å²) < 4.78 is 0. The molecule has 0 aromatic carbocycles. The van der Waals surface area contributed by atoms with Crippen LogP contribution in [-0.4, -0.2) is 49.1 Å². The van der Waals surface area contributed by atoms with Crippen molar-refractivity contribution in [2.75, 3.05) is 26.2 Å². The molecule has 0 aromatic heterocycles. The Bertz CT molecular complexity index is 323. The van der Waals surface area contributed by atoms with Crippen LogP contribution in [0.2, 0.25) is 0 Å². The maximum absolute atomic E-state index is 11.6. The Hall–Kier alpha value is -0.850. The molecule has 6 nitrogen and oxygen atoms in total. The Morgan fingerprint density at radius 3 is 2.58 bits per heavy atom. The molecule has 0 bridgehead atoms. The van der Waals surface area contributed by atoms with Crippen LogP contribution in [0.3, 0.4) is 0 Å². The number of rotatable bonds is 3. The summed E-state index contributed by atoms with van der Waals surface area (Å²) >= 11 is 0. The highest BCUT2D eigenvalue weighted by Gasteiger charge is 2.33. The first-order chi connectivity index (χ1) is 8.35. The predicted molar refractivity (Wildman–Crippen MR) is 77.3 cm³/mol. The van der Waals surface area contributed by atoms with E-state index in [-0.39, 0.29) is 36.3 Å². The number of nitrogens with one attached hydrogen (secondary N) is 2. The molecule has 0 spiro atoms. The van der Waals surface area contributed by atoms with E-state index in [1.54, 1.807) is 6.92 Å². The first-order valence-corrected chi connectivity index (χ1v) is 6.40. The first-order valence-electron chi connectivity index (χ1n) is 6.40. The van der Waals surface area contributed by atoms with Crippen molar-refractivity contribution in [3.63, 3.8) is 0 Å². The lowest BCUT2D eigenvalue weighted by atomic mass is 9.80. The van der Waals surface area contributed by atoms with Gasteiger partial charge in [-0.3, -0.25) is 15.0 Å². The van der Waals surface area contributed by atoms with E-state index in [9.17, 15) is 9.59 Å². The number of amides is 3. The van der Waals surface area contributed by atoms with Crippen molar-refractivity contribution < 1.29 is 9.59 Å².